The minimum absolute atomic E-state index is 0.0341. The van der Waals surface area contributed by atoms with E-state index in [1.54, 1.807) is 20.8 Å². The van der Waals surface area contributed by atoms with E-state index in [1.807, 2.05) is 0 Å². The molecule has 0 unspecified atom stereocenters. The third-order valence-corrected chi connectivity index (χ3v) is 6.27. The quantitative estimate of drug-likeness (QED) is 0.547. The number of hydrogen-bond donors (Lipinski definition) is 0. The second kappa shape index (κ2) is 3.65. The van der Waals surface area contributed by atoms with Crippen LogP contribution in [-0.2, 0) is 19.1 Å². The summed E-state index contributed by atoms with van der Waals surface area (Å²) in [6.45, 7) is 5.27. The molecule has 0 aromatic carbocycles. The molecule has 2 bridgehead atoms. The lowest BCUT2D eigenvalue weighted by molar-refractivity contribution is -0.173. The first-order chi connectivity index (χ1) is 8.11. The number of alkyl halides is 1. The van der Waals surface area contributed by atoms with Gasteiger partial charge in [-0.25, -0.2) is 0 Å². The number of methoxy groups -OCH3 is 1. The molecule has 0 amide bonds. The average Bonchev–Trinajstić information content (AvgIpc) is 2.29. The summed E-state index contributed by atoms with van der Waals surface area (Å²) in [5, 5.41) is 0. The Morgan fingerprint density at radius 1 is 1.33 bits per heavy atom. The molecule has 3 rings (SSSR count). The molecule has 3 aliphatic rings. The Kier molecular flexibility index (Phi) is 2.78. The van der Waals surface area contributed by atoms with Crippen LogP contribution in [0.15, 0.2) is 0 Å². The van der Waals surface area contributed by atoms with Gasteiger partial charge in [0.25, 0.3) is 0 Å². The van der Waals surface area contributed by atoms with E-state index in [2.05, 4.69) is 15.9 Å². The summed E-state index contributed by atoms with van der Waals surface area (Å²) in [5.41, 5.74) is -1.72. The van der Waals surface area contributed by atoms with Crippen molar-refractivity contribution in [3.8, 4) is 0 Å². The molecule has 3 aliphatic carbocycles. The van der Waals surface area contributed by atoms with Gasteiger partial charge >= 0.3 is 5.97 Å². The van der Waals surface area contributed by atoms with E-state index >= 15 is 0 Å². The van der Waals surface area contributed by atoms with Crippen LogP contribution in [0.25, 0.3) is 0 Å². The second-order valence-corrected chi connectivity index (χ2v) is 7.43. The summed E-state index contributed by atoms with van der Waals surface area (Å²) in [5.74, 6) is -0.842. The Bertz CT molecular complexity index is 456. The van der Waals surface area contributed by atoms with E-state index in [0.717, 1.165) is 0 Å². The molecule has 3 saturated carbocycles. The van der Waals surface area contributed by atoms with E-state index in [4.69, 9.17) is 4.74 Å². The highest BCUT2D eigenvalue weighted by Crippen LogP contribution is 2.62. The van der Waals surface area contributed by atoms with E-state index in [-0.39, 0.29) is 18.0 Å². The molecule has 0 aliphatic heterocycles. The van der Waals surface area contributed by atoms with Crippen molar-refractivity contribution in [2.24, 2.45) is 16.7 Å². The van der Waals surface area contributed by atoms with Crippen LogP contribution in [0.3, 0.4) is 0 Å². The van der Waals surface area contributed by atoms with Crippen molar-refractivity contribution >= 4 is 33.5 Å². The molecule has 0 aromatic rings. The zero-order valence-electron chi connectivity index (χ0n) is 11.0. The number of fused-ring (bicyclic) bond motifs is 3. The normalized spacial score (nSPS) is 41.9. The van der Waals surface area contributed by atoms with E-state index < -0.39 is 27.0 Å². The highest BCUT2D eigenvalue weighted by atomic mass is 79.9. The summed E-state index contributed by atoms with van der Waals surface area (Å²) >= 11 is 3.41. The number of carbonyl (C=O) groups excluding carboxylic acids is 3. The first-order valence-electron chi connectivity index (χ1n) is 5.96. The minimum Gasteiger partial charge on any atom is -0.468 e. The van der Waals surface area contributed by atoms with Crippen LogP contribution in [0, 0.1) is 16.7 Å². The molecule has 18 heavy (non-hydrogen) atoms. The van der Waals surface area contributed by atoms with Crippen LogP contribution in [0.5, 0.6) is 0 Å². The predicted molar refractivity (Wildman–Crippen MR) is 68.3 cm³/mol. The number of rotatable bonds is 1. The molecular formula is C13H17BrO4. The van der Waals surface area contributed by atoms with E-state index in [9.17, 15) is 14.4 Å². The molecule has 100 valence electrons. The van der Waals surface area contributed by atoms with Crippen molar-refractivity contribution < 1.29 is 19.1 Å². The monoisotopic (exact) mass is 316 g/mol. The standard InChI is InChI=1S/C13H17BrO4/c1-11(2)7-5-13(14,10(17)18-4)12(3,9(11)16)6-8(7)15/h7H,5-6H2,1-4H3/t7-,12+,13-/m0/s1. The molecule has 4 nitrogen and oxygen atoms in total. The van der Waals surface area contributed by atoms with Crippen LogP contribution < -0.4 is 0 Å². The minimum atomic E-state index is -1.07. The van der Waals surface area contributed by atoms with Crippen molar-refractivity contribution in [1.82, 2.24) is 0 Å². The van der Waals surface area contributed by atoms with Gasteiger partial charge in [0.05, 0.1) is 12.5 Å². The van der Waals surface area contributed by atoms with Crippen LogP contribution >= 0.6 is 15.9 Å². The number of esters is 1. The lowest BCUT2D eigenvalue weighted by Crippen LogP contribution is -2.69. The van der Waals surface area contributed by atoms with Gasteiger partial charge in [-0.15, -0.1) is 0 Å². The van der Waals surface area contributed by atoms with Gasteiger partial charge in [0.15, 0.2) is 0 Å². The largest absolute Gasteiger partial charge is 0.468 e. The van der Waals surface area contributed by atoms with Gasteiger partial charge < -0.3 is 4.74 Å². The first-order valence-corrected chi connectivity index (χ1v) is 6.75. The summed E-state index contributed by atoms with van der Waals surface area (Å²) in [4.78, 5) is 36.7. The lowest BCUT2D eigenvalue weighted by atomic mass is 9.46. The fourth-order valence-electron chi connectivity index (χ4n) is 3.49. The summed E-state index contributed by atoms with van der Waals surface area (Å²) in [6.07, 6.45) is 0.439. The van der Waals surface area contributed by atoms with Crippen molar-refractivity contribution in [1.29, 1.82) is 0 Å². The number of ether oxygens (including phenoxy) is 1. The number of carbonyl (C=O) groups is 3. The highest BCUT2D eigenvalue weighted by Gasteiger charge is 2.71. The fraction of sp³-hybridized carbons (Fsp3) is 0.769. The van der Waals surface area contributed by atoms with E-state index in [1.165, 1.54) is 7.11 Å². The molecule has 0 spiro atoms. The number of ketones is 2. The average molecular weight is 317 g/mol. The third kappa shape index (κ3) is 1.34. The Hall–Kier alpha value is -0.710. The molecule has 5 heteroatoms. The number of Topliss-reactive ketones (excluding diaryl/α,β-unsaturated/α-hetero) is 2. The van der Waals surface area contributed by atoms with Gasteiger partial charge in [0.1, 0.15) is 15.9 Å². The second-order valence-electron chi connectivity index (χ2n) is 6.08. The highest BCUT2D eigenvalue weighted by molar-refractivity contribution is 9.10. The first kappa shape index (κ1) is 13.7. The van der Waals surface area contributed by atoms with Crippen LogP contribution in [0.1, 0.15) is 33.6 Å². The van der Waals surface area contributed by atoms with Crippen LogP contribution in [0.2, 0.25) is 0 Å². The molecule has 3 fully saturated rings. The Morgan fingerprint density at radius 3 is 2.39 bits per heavy atom. The smallest absolute Gasteiger partial charge is 0.323 e. The fourth-order valence-corrected chi connectivity index (χ4v) is 4.30. The third-order valence-electron chi connectivity index (χ3n) is 4.74. The van der Waals surface area contributed by atoms with Gasteiger partial charge in [-0.05, 0) is 6.42 Å². The molecule has 0 N–H and O–H groups in total. The maximum atomic E-state index is 12.6. The summed E-state index contributed by atoms with van der Waals surface area (Å²) in [6, 6.07) is 0. The molecule has 3 atom stereocenters. The Labute approximate surface area is 115 Å². The molecular weight excluding hydrogens is 300 g/mol. The molecule has 0 radical (unpaired) electrons. The maximum Gasteiger partial charge on any atom is 0.323 e. The van der Waals surface area contributed by atoms with Crippen molar-refractivity contribution in [2.45, 2.75) is 37.9 Å². The lowest BCUT2D eigenvalue weighted by Gasteiger charge is -2.57. The van der Waals surface area contributed by atoms with Crippen LogP contribution in [0.4, 0.5) is 0 Å². The van der Waals surface area contributed by atoms with Gasteiger partial charge in [-0.3, -0.25) is 14.4 Å². The number of hydrogen-bond acceptors (Lipinski definition) is 4. The molecule has 0 heterocycles. The van der Waals surface area contributed by atoms with Crippen LogP contribution in [-0.4, -0.2) is 29.0 Å². The van der Waals surface area contributed by atoms with Crippen molar-refractivity contribution in [3.63, 3.8) is 0 Å². The SMILES string of the molecule is COC(=O)[C@@]1(Br)C[C@H]2C(=O)C[C@]1(C)C(=O)C2(C)C. The molecule has 0 saturated heterocycles. The summed E-state index contributed by atoms with van der Waals surface area (Å²) in [7, 11) is 1.30. The Morgan fingerprint density at radius 2 is 1.89 bits per heavy atom. The number of halogens is 1. The van der Waals surface area contributed by atoms with Crippen molar-refractivity contribution in [2.75, 3.05) is 7.11 Å². The maximum absolute atomic E-state index is 12.6. The van der Waals surface area contributed by atoms with Gasteiger partial charge in [-0.2, -0.15) is 0 Å². The Balaban J connectivity index is 2.59. The zero-order valence-corrected chi connectivity index (χ0v) is 12.6. The summed E-state index contributed by atoms with van der Waals surface area (Å²) < 4.78 is 3.74. The van der Waals surface area contributed by atoms with Gasteiger partial charge in [0, 0.05) is 17.8 Å². The van der Waals surface area contributed by atoms with Gasteiger partial charge in [0.2, 0.25) is 0 Å². The topological polar surface area (TPSA) is 60.4 Å². The van der Waals surface area contributed by atoms with Crippen molar-refractivity contribution in [3.05, 3.63) is 0 Å². The molecule has 0 aromatic heterocycles. The predicted octanol–water partition coefficient (Wildman–Crippen LogP) is 1.89. The van der Waals surface area contributed by atoms with E-state index in [0.29, 0.717) is 6.42 Å². The van der Waals surface area contributed by atoms with Gasteiger partial charge in [-0.1, -0.05) is 36.7 Å². The zero-order chi connectivity index (χ0) is 13.9.